The van der Waals surface area contributed by atoms with Crippen LogP contribution in [0.4, 0.5) is 0 Å². The fourth-order valence-corrected chi connectivity index (χ4v) is 3.11. The number of hydrogen-bond acceptors (Lipinski definition) is 3. The number of carboxylic acids is 1. The molecule has 0 spiro atoms. The average molecular weight is 263 g/mol. The van der Waals surface area contributed by atoms with Crippen LogP contribution in [0.25, 0.3) is 0 Å². The monoisotopic (exact) mass is 263 g/mol. The van der Waals surface area contributed by atoms with Gasteiger partial charge in [0.1, 0.15) is 0 Å². The number of likely N-dealkylation sites (tertiary alicyclic amines) is 1. The Morgan fingerprint density at radius 3 is 3.00 bits per heavy atom. The lowest BCUT2D eigenvalue weighted by Gasteiger charge is -2.23. The van der Waals surface area contributed by atoms with Gasteiger partial charge in [-0.2, -0.15) is 5.10 Å². The Hall–Kier alpha value is -1.85. The third kappa shape index (κ3) is 2.11. The van der Waals surface area contributed by atoms with Crippen LogP contribution in [0.2, 0.25) is 0 Å². The summed E-state index contributed by atoms with van der Waals surface area (Å²) in [5.41, 5.74) is 1.67. The van der Waals surface area contributed by atoms with E-state index in [0.29, 0.717) is 12.1 Å². The van der Waals surface area contributed by atoms with Crippen molar-refractivity contribution in [3.8, 4) is 0 Å². The number of aromatic nitrogens is 2. The first-order valence-electron chi connectivity index (χ1n) is 6.74. The second kappa shape index (κ2) is 4.68. The van der Waals surface area contributed by atoms with Crippen LogP contribution in [0.15, 0.2) is 6.20 Å². The molecular formula is C13H17N3O3. The Morgan fingerprint density at radius 2 is 2.21 bits per heavy atom. The molecule has 0 bridgehead atoms. The van der Waals surface area contributed by atoms with Crippen molar-refractivity contribution in [3.63, 3.8) is 0 Å². The summed E-state index contributed by atoms with van der Waals surface area (Å²) in [6, 6.07) is -0.165. The van der Waals surface area contributed by atoms with E-state index >= 15 is 0 Å². The Kier molecular flexibility index (Phi) is 3.00. The highest BCUT2D eigenvalue weighted by Gasteiger charge is 2.33. The number of carbonyl (C=O) groups is 2. The number of amides is 1. The average Bonchev–Trinajstić information content (AvgIpc) is 3.01. The van der Waals surface area contributed by atoms with Crippen molar-refractivity contribution >= 4 is 11.9 Å². The molecule has 2 aliphatic heterocycles. The van der Waals surface area contributed by atoms with Gasteiger partial charge >= 0.3 is 5.97 Å². The molecule has 1 aromatic heterocycles. The minimum absolute atomic E-state index is 0.0369. The molecule has 1 fully saturated rings. The van der Waals surface area contributed by atoms with Crippen LogP contribution < -0.4 is 0 Å². The van der Waals surface area contributed by atoms with Crippen molar-refractivity contribution in [1.82, 2.24) is 14.7 Å². The Bertz CT molecular complexity index is 523. The summed E-state index contributed by atoms with van der Waals surface area (Å²) in [4.78, 5) is 25.1. The van der Waals surface area contributed by atoms with Crippen molar-refractivity contribution in [2.75, 3.05) is 6.54 Å². The normalized spacial score (nSPS) is 21.7. The minimum atomic E-state index is -0.843. The molecule has 102 valence electrons. The summed E-state index contributed by atoms with van der Waals surface area (Å²) >= 11 is 0. The van der Waals surface area contributed by atoms with Crippen molar-refractivity contribution < 1.29 is 14.7 Å². The molecule has 1 amide bonds. The molecule has 3 heterocycles. The number of aliphatic carboxylic acids is 1. The number of fused-ring (bicyclic) bond motifs is 1. The number of aryl methyl sites for hydroxylation is 1. The van der Waals surface area contributed by atoms with E-state index in [4.69, 9.17) is 5.11 Å². The van der Waals surface area contributed by atoms with Gasteiger partial charge in [0, 0.05) is 19.1 Å². The smallest absolute Gasteiger partial charge is 0.305 e. The lowest BCUT2D eigenvalue weighted by Crippen LogP contribution is -2.37. The first-order chi connectivity index (χ1) is 9.16. The maximum atomic E-state index is 12.5. The van der Waals surface area contributed by atoms with Crippen molar-refractivity contribution in [3.05, 3.63) is 17.5 Å². The molecule has 1 aromatic rings. The van der Waals surface area contributed by atoms with Crippen LogP contribution in [-0.2, 0) is 17.8 Å². The van der Waals surface area contributed by atoms with E-state index in [9.17, 15) is 9.59 Å². The first-order valence-corrected chi connectivity index (χ1v) is 6.74. The molecule has 2 aliphatic rings. The van der Waals surface area contributed by atoms with Gasteiger partial charge in [0.15, 0.2) is 0 Å². The van der Waals surface area contributed by atoms with Gasteiger partial charge in [0.2, 0.25) is 0 Å². The highest BCUT2D eigenvalue weighted by molar-refractivity contribution is 5.95. The SMILES string of the molecule is O=C(O)CC1CCCN1C(=O)c1cnn2c1CCC2. The second-order valence-corrected chi connectivity index (χ2v) is 5.22. The lowest BCUT2D eigenvalue weighted by molar-refractivity contribution is -0.137. The second-order valence-electron chi connectivity index (χ2n) is 5.22. The standard InChI is InChI=1S/C13H17N3O3/c17-12(18)7-9-3-1-5-15(9)13(19)10-8-14-16-6-2-4-11(10)16/h8-9H,1-7H2,(H,17,18). The topological polar surface area (TPSA) is 75.4 Å². The zero-order chi connectivity index (χ0) is 13.4. The van der Waals surface area contributed by atoms with Gasteiger partial charge in [-0.3, -0.25) is 14.3 Å². The largest absolute Gasteiger partial charge is 0.481 e. The Balaban J connectivity index is 1.81. The van der Waals surface area contributed by atoms with Gasteiger partial charge in [-0.05, 0) is 25.7 Å². The number of rotatable bonds is 3. The predicted octanol–water partition coefficient (Wildman–Crippen LogP) is 0.909. The van der Waals surface area contributed by atoms with Gasteiger partial charge in [-0.25, -0.2) is 0 Å². The summed E-state index contributed by atoms with van der Waals surface area (Å²) in [6.07, 6.45) is 5.25. The highest BCUT2D eigenvalue weighted by Crippen LogP contribution is 2.25. The van der Waals surface area contributed by atoms with E-state index in [0.717, 1.165) is 37.9 Å². The van der Waals surface area contributed by atoms with Gasteiger partial charge < -0.3 is 10.0 Å². The Morgan fingerprint density at radius 1 is 1.37 bits per heavy atom. The summed E-state index contributed by atoms with van der Waals surface area (Å²) in [5.74, 6) is -0.892. The summed E-state index contributed by atoms with van der Waals surface area (Å²) in [7, 11) is 0. The molecule has 1 atom stereocenters. The van der Waals surface area contributed by atoms with Crippen LogP contribution in [0.3, 0.4) is 0 Å². The van der Waals surface area contributed by atoms with Crippen LogP contribution in [0.1, 0.15) is 41.7 Å². The van der Waals surface area contributed by atoms with E-state index in [1.54, 1.807) is 11.1 Å². The summed E-state index contributed by atoms with van der Waals surface area (Å²) < 4.78 is 1.88. The van der Waals surface area contributed by atoms with Crippen molar-refractivity contribution in [2.45, 2.75) is 44.7 Å². The molecule has 0 saturated carbocycles. The fourth-order valence-electron chi connectivity index (χ4n) is 3.11. The molecule has 3 rings (SSSR count). The molecule has 19 heavy (non-hydrogen) atoms. The van der Waals surface area contributed by atoms with E-state index in [1.165, 1.54) is 0 Å². The van der Waals surface area contributed by atoms with E-state index in [1.807, 2.05) is 4.68 Å². The highest BCUT2D eigenvalue weighted by atomic mass is 16.4. The van der Waals surface area contributed by atoms with Crippen molar-refractivity contribution in [2.24, 2.45) is 0 Å². The molecule has 1 saturated heterocycles. The summed E-state index contributed by atoms with van der Waals surface area (Å²) in [6.45, 7) is 1.53. The number of carbonyl (C=O) groups excluding carboxylic acids is 1. The molecule has 0 aromatic carbocycles. The first kappa shape index (κ1) is 12.2. The quantitative estimate of drug-likeness (QED) is 0.879. The van der Waals surface area contributed by atoms with E-state index < -0.39 is 5.97 Å². The molecule has 1 unspecified atom stereocenters. The van der Waals surface area contributed by atoms with Gasteiger partial charge in [0.05, 0.1) is 23.9 Å². The zero-order valence-corrected chi connectivity index (χ0v) is 10.7. The van der Waals surface area contributed by atoms with Crippen LogP contribution in [0.5, 0.6) is 0 Å². The molecule has 0 radical (unpaired) electrons. The summed E-state index contributed by atoms with van der Waals surface area (Å²) in [5, 5.41) is 13.1. The third-order valence-electron chi connectivity index (χ3n) is 4.01. The van der Waals surface area contributed by atoms with Crippen molar-refractivity contribution in [1.29, 1.82) is 0 Å². The maximum Gasteiger partial charge on any atom is 0.305 e. The van der Waals surface area contributed by atoms with Crippen LogP contribution >= 0.6 is 0 Å². The third-order valence-corrected chi connectivity index (χ3v) is 4.01. The van der Waals surface area contributed by atoms with Gasteiger partial charge in [-0.1, -0.05) is 0 Å². The van der Waals surface area contributed by atoms with Crippen LogP contribution in [0, 0.1) is 0 Å². The lowest BCUT2D eigenvalue weighted by atomic mass is 10.1. The Labute approximate surface area is 111 Å². The predicted molar refractivity (Wildman–Crippen MR) is 66.9 cm³/mol. The van der Waals surface area contributed by atoms with Gasteiger partial charge in [0.25, 0.3) is 5.91 Å². The van der Waals surface area contributed by atoms with E-state index in [-0.39, 0.29) is 18.4 Å². The van der Waals surface area contributed by atoms with Gasteiger partial charge in [-0.15, -0.1) is 0 Å². The van der Waals surface area contributed by atoms with E-state index in [2.05, 4.69) is 5.10 Å². The molecule has 6 nitrogen and oxygen atoms in total. The zero-order valence-electron chi connectivity index (χ0n) is 10.7. The fraction of sp³-hybridized carbons (Fsp3) is 0.615. The number of nitrogens with zero attached hydrogens (tertiary/aromatic N) is 3. The molecule has 6 heteroatoms. The number of hydrogen-bond donors (Lipinski definition) is 1. The molecule has 0 aliphatic carbocycles. The molecule has 1 N–H and O–H groups in total. The minimum Gasteiger partial charge on any atom is -0.481 e. The maximum absolute atomic E-state index is 12.5. The molecular weight excluding hydrogens is 246 g/mol. The van der Waals surface area contributed by atoms with Crippen LogP contribution in [-0.4, -0.2) is 44.3 Å². The number of carboxylic acid groups (broad SMARTS) is 1.